The van der Waals surface area contributed by atoms with Gasteiger partial charge in [-0.15, -0.1) is 0 Å². The smallest absolute Gasteiger partial charge is 0.178 e. The molecule has 3 heteroatoms. The van der Waals surface area contributed by atoms with E-state index in [0.29, 0.717) is 28.9 Å². The molecule has 4 aliphatic carbocycles. The molecule has 0 aromatic rings. The quantitative estimate of drug-likeness (QED) is 0.629. The van der Waals surface area contributed by atoms with Crippen LogP contribution in [0.15, 0.2) is 23.8 Å². The zero-order valence-corrected chi connectivity index (χ0v) is 16.3. The summed E-state index contributed by atoms with van der Waals surface area (Å²) in [5.74, 6) is 2.83. The molecular formula is C21H27BrO2. The van der Waals surface area contributed by atoms with Gasteiger partial charge >= 0.3 is 0 Å². The molecule has 4 rings (SSSR count). The first kappa shape index (κ1) is 16.8. The maximum Gasteiger partial charge on any atom is 0.178 e. The molecule has 0 radical (unpaired) electrons. The van der Waals surface area contributed by atoms with E-state index in [9.17, 15) is 9.59 Å². The fourth-order valence-corrected chi connectivity index (χ4v) is 7.21. The Morgan fingerprint density at radius 2 is 2.00 bits per heavy atom. The summed E-state index contributed by atoms with van der Waals surface area (Å²) in [4.78, 5) is 24.3. The largest absolute Gasteiger partial charge is 0.298 e. The van der Waals surface area contributed by atoms with Crippen LogP contribution in [0.3, 0.4) is 0 Å². The molecule has 0 aromatic carbocycles. The Morgan fingerprint density at radius 1 is 1.21 bits per heavy atom. The van der Waals surface area contributed by atoms with Crippen molar-refractivity contribution in [3.05, 3.63) is 23.8 Å². The van der Waals surface area contributed by atoms with Gasteiger partial charge in [-0.05, 0) is 73.8 Å². The Labute approximate surface area is 153 Å². The average molecular weight is 391 g/mol. The number of rotatable bonds is 2. The van der Waals surface area contributed by atoms with E-state index in [2.05, 4.69) is 35.9 Å². The average Bonchev–Trinajstić information content (AvgIpc) is 2.92. The molecule has 0 aliphatic heterocycles. The van der Waals surface area contributed by atoms with Crippen LogP contribution in [0.2, 0.25) is 0 Å². The molecule has 0 spiro atoms. The number of carbonyl (C=O) groups is 2. The second kappa shape index (κ2) is 5.65. The van der Waals surface area contributed by atoms with E-state index in [1.807, 2.05) is 6.08 Å². The van der Waals surface area contributed by atoms with Crippen LogP contribution < -0.4 is 0 Å². The van der Waals surface area contributed by atoms with Crippen molar-refractivity contribution in [1.29, 1.82) is 0 Å². The summed E-state index contributed by atoms with van der Waals surface area (Å²) < 4.78 is 0. The molecule has 0 amide bonds. The van der Waals surface area contributed by atoms with Crippen LogP contribution in [0, 0.1) is 34.5 Å². The SMILES string of the molecule is C[C@]12CC[C@H]3[C@@H](CCC4=CC(=O)C=C[C@@]43C)[C@@H]1CC[C@@H]2C(=O)CBr. The van der Waals surface area contributed by atoms with E-state index in [0.717, 1.165) is 19.3 Å². The fraction of sp³-hybridized carbons (Fsp3) is 0.714. The van der Waals surface area contributed by atoms with Crippen molar-refractivity contribution in [2.45, 2.75) is 52.4 Å². The molecular weight excluding hydrogens is 364 g/mol. The number of hydrogen-bond donors (Lipinski definition) is 0. The highest BCUT2D eigenvalue weighted by Gasteiger charge is 2.59. The third kappa shape index (κ3) is 2.19. The van der Waals surface area contributed by atoms with Crippen molar-refractivity contribution in [2.75, 3.05) is 5.33 Å². The molecule has 4 aliphatic rings. The molecule has 0 bridgehead atoms. The van der Waals surface area contributed by atoms with Crippen molar-refractivity contribution in [1.82, 2.24) is 0 Å². The molecule has 0 heterocycles. The first-order valence-corrected chi connectivity index (χ1v) is 10.6. The minimum atomic E-state index is 0.0652. The van der Waals surface area contributed by atoms with Crippen LogP contribution in [0.5, 0.6) is 0 Å². The van der Waals surface area contributed by atoms with Crippen LogP contribution in [-0.4, -0.2) is 16.9 Å². The van der Waals surface area contributed by atoms with Gasteiger partial charge < -0.3 is 0 Å². The van der Waals surface area contributed by atoms with E-state index in [1.54, 1.807) is 6.08 Å². The number of ketones is 2. The predicted molar refractivity (Wildman–Crippen MR) is 98.9 cm³/mol. The Hall–Kier alpha value is -0.700. The van der Waals surface area contributed by atoms with E-state index < -0.39 is 0 Å². The van der Waals surface area contributed by atoms with Crippen LogP contribution >= 0.6 is 15.9 Å². The highest BCUT2D eigenvalue weighted by Crippen LogP contribution is 2.66. The number of allylic oxidation sites excluding steroid dienone is 4. The number of fused-ring (bicyclic) bond motifs is 5. The zero-order valence-electron chi connectivity index (χ0n) is 14.7. The summed E-state index contributed by atoms with van der Waals surface area (Å²) in [7, 11) is 0. The third-order valence-electron chi connectivity index (χ3n) is 8.08. The number of Topliss-reactive ketones (excluding diaryl/α,β-unsaturated/α-hetero) is 1. The molecule has 3 saturated carbocycles. The summed E-state index contributed by atoms with van der Waals surface area (Å²) in [5.41, 5.74) is 1.61. The van der Waals surface area contributed by atoms with Crippen LogP contribution in [0.4, 0.5) is 0 Å². The Bertz CT molecular complexity index is 648. The normalized spacial score (nSPS) is 46.8. The second-order valence-corrected chi connectivity index (χ2v) is 9.44. The van der Waals surface area contributed by atoms with Gasteiger partial charge in [0.15, 0.2) is 5.78 Å². The lowest BCUT2D eigenvalue weighted by Gasteiger charge is -2.56. The first-order valence-electron chi connectivity index (χ1n) is 9.43. The summed E-state index contributed by atoms with van der Waals surface area (Å²) in [6.07, 6.45) is 12.8. The van der Waals surface area contributed by atoms with Crippen molar-refractivity contribution in [3.8, 4) is 0 Å². The van der Waals surface area contributed by atoms with Crippen molar-refractivity contribution >= 4 is 27.5 Å². The van der Waals surface area contributed by atoms with E-state index in [-0.39, 0.29) is 22.5 Å². The summed E-state index contributed by atoms with van der Waals surface area (Å²) in [6.45, 7) is 4.73. The standard InChI is InChI=1S/C21H27BrO2/c1-20-9-7-14(23)11-13(20)3-4-15-16-5-6-18(19(24)12-22)21(16,2)10-8-17(15)20/h7,9,11,15-18H,3-6,8,10,12H2,1-2H3/t15-,16-,17-,18+,20-,21-/m0/s1. The molecule has 0 saturated heterocycles. The van der Waals surface area contributed by atoms with Gasteiger partial charge in [0.25, 0.3) is 0 Å². The minimum Gasteiger partial charge on any atom is -0.298 e. The maximum absolute atomic E-state index is 12.5. The lowest BCUT2D eigenvalue weighted by molar-refractivity contribution is -0.126. The van der Waals surface area contributed by atoms with Crippen LogP contribution in [0.1, 0.15) is 52.4 Å². The molecule has 0 N–H and O–H groups in total. The highest BCUT2D eigenvalue weighted by atomic mass is 79.9. The Balaban J connectivity index is 1.66. The molecule has 2 nitrogen and oxygen atoms in total. The molecule has 24 heavy (non-hydrogen) atoms. The van der Waals surface area contributed by atoms with Crippen molar-refractivity contribution in [3.63, 3.8) is 0 Å². The van der Waals surface area contributed by atoms with Gasteiger partial charge in [-0.3, -0.25) is 9.59 Å². The van der Waals surface area contributed by atoms with Crippen LogP contribution in [0.25, 0.3) is 0 Å². The second-order valence-electron chi connectivity index (χ2n) is 8.88. The van der Waals surface area contributed by atoms with Gasteiger partial charge in [0.1, 0.15) is 5.78 Å². The van der Waals surface area contributed by atoms with Gasteiger partial charge in [-0.1, -0.05) is 41.4 Å². The van der Waals surface area contributed by atoms with Gasteiger partial charge in [0, 0.05) is 11.3 Å². The van der Waals surface area contributed by atoms with E-state index in [1.165, 1.54) is 24.8 Å². The third-order valence-corrected chi connectivity index (χ3v) is 8.63. The number of hydrogen-bond acceptors (Lipinski definition) is 2. The number of carbonyl (C=O) groups excluding carboxylic acids is 2. The van der Waals surface area contributed by atoms with Crippen molar-refractivity contribution < 1.29 is 9.59 Å². The Kier molecular flexibility index (Phi) is 3.95. The maximum atomic E-state index is 12.5. The van der Waals surface area contributed by atoms with E-state index >= 15 is 0 Å². The molecule has 6 atom stereocenters. The highest BCUT2D eigenvalue weighted by molar-refractivity contribution is 9.09. The molecule has 130 valence electrons. The molecule has 0 aromatic heterocycles. The van der Waals surface area contributed by atoms with E-state index in [4.69, 9.17) is 0 Å². The predicted octanol–water partition coefficient (Wildman–Crippen LogP) is 4.87. The van der Waals surface area contributed by atoms with Gasteiger partial charge in [0.2, 0.25) is 0 Å². The topological polar surface area (TPSA) is 34.1 Å². The number of halogens is 1. The van der Waals surface area contributed by atoms with Gasteiger partial charge in [-0.2, -0.15) is 0 Å². The van der Waals surface area contributed by atoms with Crippen molar-refractivity contribution in [2.24, 2.45) is 34.5 Å². The number of alkyl halides is 1. The minimum absolute atomic E-state index is 0.0652. The molecule has 0 unspecified atom stereocenters. The summed E-state index contributed by atoms with van der Waals surface area (Å²) in [6, 6.07) is 0. The lowest BCUT2D eigenvalue weighted by Crippen LogP contribution is -2.50. The fourth-order valence-electron chi connectivity index (χ4n) is 6.82. The summed E-state index contributed by atoms with van der Waals surface area (Å²) in [5, 5.41) is 0.503. The molecule has 3 fully saturated rings. The lowest BCUT2D eigenvalue weighted by atomic mass is 9.47. The monoisotopic (exact) mass is 390 g/mol. The zero-order chi connectivity index (χ0) is 17.1. The van der Waals surface area contributed by atoms with Crippen LogP contribution in [-0.2, 0) is 9.59 Å². The first-order chi connectivity index (χ1) is 11.4. The Morgan fingerprint density at radius 3 is 2.75 bits per heavy atom. The van der Waals surface area contributed by atoms with Gasteiger partial charge in [-0.25, -0.2) is 0 Å². The summed E-state index contributed by atoms with van der Waals surface area (Å²) >= 11 is 3.40. The van der Waals surface area contributed by atoms with Gasteiger partial charge in [0.05, 0.1) is 5.33 Å².